The highest BCUT2D eigenvalue weighted by molar-refractivity contribution is 5.06. The van der Waals surface area contributed by atoms with Gasteiger partial charge < -0.3 is 59.8 Å². The van der Waals surface area contributed by atoms with Crippen molar-refractivity contribution in [1.29, 1.82) is 0 Å². The van der Waals surface area contributed by atoms with Crippen LogP contribution in [0.3, 0.4) is 0 Å². The number of aliphatic hydroxyl groups is 8. The number of ether oxygens (including phenoxy) is 4. The van der Waals surface area contributed by atoms with Crippen molar-refractivity contribution in [3.63, 3.8) is 0 Å². The Morgan fingerprint density at radius 3 is 1.95 bits per heavy atom. The summed E-state index contributed by atoms with van der Waals surface area (Å²) in [5.41, 5.74) is 0. The van der Waals surface area contributed by atoms with E-state index in [1.165, 1.54) is 0 Å². The van der Waals surface area contributed by atoms with Gasteiger partial charge in [-0.2, -0.15) is 0 Å². The molecule has 16 atom stereocenters. The van der Waals surface area contributed by atoms with Crippen LogP contribution in [0.1, 0.15) is 64.2 Å². The zero-order valence-corrected chi connectivity index (χ0v) is 23.4. The summed E-state index contributed by atoms with van der Waals surface area (Å²) in [5.74, 6) is -0.127. The summed E-state index contributed by atoms with van der Waals surface area (Å²) in [7, 11) is 0. The van der Waals surface area contributed by atoms with Crippen molar-refractivity contribution in [3.8, 4) is 0 Å². The zero-order valence-electron chi connectivity index (χ0n) is 23.4. The van der Waals surface area contributed by atoms with Crippen LogP contribution in [-0.4, -0.2) is 133 Å². The first kappa shape index (κ1) is 30.5. The average Bonchev–Trinajstić information content (AvgIpc) is 2.95. The topological polar surface area (TPSA) is 199 Å². The third kappa shape index (κ3) is 5.97. The van der Waals surface area contributed by atoms with Crippen molar-refractivity contribution in [3.05, 3.63) is 0 Å². The van der Waals surface area contributed by atoms with Crippen LogP contribution < -0.4 is 0 Å². The molecule has 236 valence electrons. The van der Waals surface area contributed by atoms with E-state index in [2.05, 4.69) is 0 Å². The Bertz CT molecular complexity index is 869. The van der Waals surface area contributed by atoms with Gasteiger partial charge in [0.2, 0.25) is 0 Å². The molecule has 12 nitrogen and oxygen atoms in total. The molecule has 3 saturated carbocycles. The molecule has 3 heterocycles. The molecular weight excluding hydrogens is 540 g/mol. The summed E-state index contributed by atoms with van der Waals surface area (Å²) >= 11 is 0. The number of aliphatic hydroxyl groups excluding tert-OH is 8. The van der Waals surface area contributed by atoms with Crippen LogP contribution in [0.4, 0.5) is 0 Å². The van der Waals surface area contributed by atoms with Crippen molar-refractivity contribution in [2.75, 3.05) is 6.61 Å². The van der Waals surface area contributed by atoms with E-state index in [-0.39, 0.29) is 48.1 Å². The SMILES string of the molecule is OC[C@H]1O[C@@H](OC2C3CC(C4CCC(O)CC4)OC4CC(O)CC(OC2C2CCC(O)C(O)C2)C43)[C@H](O)[C@@H](O)[C@@H]1O. The smallest absolute Gasteiger partial charge is 0.187 e. The van der Waals surface area contributed by atoms with Gasteiger partial charge in [0.25, 0.3) is 0 Å². The van der Waals surface area contributed by atoms with Gasteiger partial charge >= 0.3 is 0 Å². The van der Waals surface area contributed by atoms with Gasteiger partial charge in [0.15, 0.2) is 6.29 Å². The molecule has 41 heavy (non-hydrogen) atoms. The Labute approximate surface area is 240 Å². The standard InChI is InChI=1S/C29H48O12/c30-11-22-24(35)25(36)26(37)29(40-22)41-28-16-10-19(12-1-4-14(31)5-2-12)38-20-8-15(32)9-21(23(16)20)39-27(28)13-3-6-17(33)18(34)7-13/h12-37H,1-11H2/t12?,13?,14?,15?,16?,17?,18?,19?,20?,21?,22-,23?,24-,25+,26-,27?,28?,29+/m1/s1. The van der Waals surface area contributed by atoms with Gasteiger partial charge in [-0.25, -0.2) is 0 Å². The van der Waals surface area contributed by atoms with E-state index in [1.54, 1.807) is 0 Å². The van der Waals surface area contributed by atoms with Crippen molar-refractivity contribution < 1.29 is 59.8 Å². The summed E-state index contributed by atoms with van der Waals surface area (Å²) < 4.78 is 25.7. The molecule has 0 amide bonds. The molecular formula is C29H48O12. The second kappa shape index (κ2) is 12.5. The second-order valence-corrected chi connectivity index (χ2v) is 13.5. The molecule has 3 aliphatic carbocycles. The van der Waals surface area contributed by atoms with Crippen molar-refractivity contribution in [2.45, 2.75) is 150 Å². The van der Waals surface area contributed by atoms with Crippen LogP contribution in [0, 0.1) is 23.7 Å². The van der Waals surface area contributed by atoms with Gasteiger partial charge in [-0.15, -0.1) is 0 Å². The molecule has 3 saturated heterocycles. The highest BCUT2D eigenvalue weighted by atomic mass is 16.7. The predicted octanol–water partition coefficient (Wildman–Crippen LogP) is -1.44. The van der Waals surface area contributed by atoms with E-state index in [9.17, 15) is 40.9 Å². The monoisotopic (exact) mass is 588 g/mol. The molecule has 6 aliphatic rings. The van der Waals surface area contributed by atoms with Crippen LogP contribution in [0.5, 0.6) is 0 Å². The Hall–Kier alpha value is -0.480. The number of rotatable bonds is 5. The first-order chi connectivity index (χ1) is 19.6. The third-order valence-electron chi connectivity index (χ3n) is 11.0. The minimum absolute atomic E-state index is 0.0888. The molecule has 0 bridgehead atoms. The fourth-order valence-electron chi connectivity index (χ4n) is 8.74. The van der Waals surface area contributed by atoms with E-state index in [0.29, 0.717) is 51.4 Å². The first-order valence-electron chi connectivity index (χ1n) is 15.6. The second-order valence-electron chi connectivity index (χ2n) is 13.5. The van der Waals surface area contributed by atoms with E-state index in [1.807, 2.05) is 0 Å². The molecule has 0 aromatic rings. The predicted molar refractivity (Wildman–Crippen MR) is 140 cm³/mol. The highest BCUT2D eigenvalue weighted by Gasteiger charge is 2.59. The quantitative estimate of drug-likeness (QED) is 0.186. The Morgan fingerprint density at radius 2 is 1.27 bits per heavy atom. The van der Waals surface area contributed by atoms with Gasteiger partial charge in [0, 0.05) is 5.92 Å². The largest absolute Gasteiger partial charge is 0.394 e. The average molecular weight is 589 g/mol. The number of hydrogen-bond acceptors (Lipinski definition) is 12. The number of hydrogen-bond donors (Lipinski definition) is 8. The Morgan fingerprint density at radius 1 is 0.585 bits per heavy atom. The van der Waals surface area contributed by atoms with Crippen LogP contribution in [-0.2, 0) is 18.9 Å². The zero-order chi connectivity index (χ0) is 29.0. The van der Waals surface area contributed by atoms with Crippen molar-refractivity contribution in [1.82, 2.24) is 0 Å². The van der Waals surface area contributed by atoms with Gasteiger partial charge in [-0.05, 0) is 82.0 Å². The summed E-state index contributed by atoms with van der Waals surface area (Å²) in [5, 5.41) is 83.1. The lowest BCUT2D eigenvalue weighted by atomic mass is 9.63. The van der Waals surface area contributed by atoms with Crippen molar-refractivity contribution >= 4 is 0 Å². The molecule has 0 radical (unpaired) electrons. The molecule has 11 unspecified atom stereocenters. The fraction of sp³-hybridized carbons (Fsp3) is 1.00. The van der Waals surface area contributed by atoms with Gasteiger partial charge in [0.05, 0.1) is 61.5 Å². The molecule has 3 aliphatic heterocycles. The molecule has 0 spiro atoms. The Balaban J connectivity index is 1.32. The summed E-state index contributed by atoms with van der Waals surface area (Å²) in [6, 6.07) is 0. The Kier molecular flexibility index (Phi) is 9.30. The van der Waals surface area contributed by atoms with E-state index < -0.39 is 67.8 Å². The maximum atomic E-state index is 10.9. The molecule has 0 aromatic carbocycles. The maximum Gasteiger partial charge on any atom is 0.187 e. The van der Waals surface area contributed by atoms with Crippen LogP contribution in [0.2, 0.25) is 0 Å². The lowest BCUT2D eigenvalue weighted by molar-refractivity contribution is -0.352. The lowest BCUT2D eigenvalue weighted by Crippen LogP contribution is -2.67. The van der Waals surface area contributed by atoms with E-state index in [4.69, 9.17) is 18.9 Å². The normalized spacial score (nSPS) is 56.2. The molecule has 12 heteroatoms. The molecule has 0 aromatic heterocycles. The van der Waals surface area contributed by atoms with Gasteiger partial charge in [0.1, 0.15) is 24.4 Å². The summed E-state index contributed by atoms with van der Waals surface area (Å²) in [4.78, 5) is 0. The minimum Gasteiger partial charge on any atom is -0.394 e. The van der Waals surface area contributed by atoms with Gasteiger partial charge in [-0.1, -0.05) is 0 Å². The summed E-state index contributed by atoms with van der Waals surface area (Å²) in [6.45, 7) is -0.570. The third-order valence-corrected chi connectivity index (χ3v) is 11.0. The minimum atomic E-state index is -1.58. The first-order valence-corrected chi connectivity index (χ1v) is 15.6. The molecule has 8 N–H and O–H groups in total. The van der Waals surface area contributed by atoms with Crippen LogP contribution >= 0.6 is 0 Å². The summed E-state index contributed by atoms with van der Waals surface area (Å²) in [6.07, 6.45) is -5.61. The maximum absolute atomic E-state index is 10.9. The lowest BCUT2D eigenvalue weighted by Gasteiger charge is -2.59. The van der Waals surface area contributed by atoms with E-state index in [0.717, 1.165) is 12.8 Å². The molecule has 6 fully saturated rings. The van der Waals surface area contributed by atoms with Crippen LogP contribution in [0.15, 0.2) is 0 Å². The van der Waals surface area contributed by atoms with Crippen LogP contribution in [0.25, 0.3) is 0 Å². The highest BCUT2D eigenvalue weighted by Crippen LogP contribution is 2.52. The van der Waals surface area contributed by atoms with Crippen molar-refractivity contribution in [2.24, 2.45) is 23.7 Å². The van der Waals surface area contributed by atoms with E-state index >= 15 is 0 Å². The fourth-order valence-corrected chi connectivity index (χ4v) is 8.74. The van der Waals surface area contributed by atoms with Gasteiger partial charge in [-0.3, -0.25) is 0 Å². The molecule has 6 rings (SSSR count).